The van der Waals surface area contributed by atoms with E-state index in [-0.39, 0.29) is 5.54 Å². The zero-order valence-corrected chi connectivity index (χ0v) is 9.73. The van der Waals surface area contributed by atoms with Gasteiger partial charge >= 0.3 is 0 Å². The first kappa shape index (κ1) is 10.1. The van der Waals surface area contributed by atoms with Crippen LogP contribution >= 0.6 is 11.3 Å². The minimum Gasteiger partial charge on any atom is -0.321 e. The van der Waals surface area contributed by atoms with Crippen molar-refractivity contribution in [3.05, 3.63) is 16.1 Å². The van der Waals surface area contributed by atoms with Crippen LogP contribution in [0.4, 0.5) is 0 Å². The van der Waals surface area contributed by atoms with E-state index in [1.165, 1.54) is 22.7 Å². The van der Waals surface area contributed by atoms with Crippen molar-refractivity contribution in [3.63, 3.8) is 0 Å². The van der Waals surface area contributed by atoms with Crippen molar-refractivity contribution in [2.75, 3.05) is 0 Å². The van der Waals surface area contributed by atoms with Crippen molar-refractivity contribution < 1.29 is 0 Å². The lowest BCUT2D eigenvalue weighted by atomic mass is 9.98. The first-order chi connectivity index (χ1) is 6.62. The molecular formula is C11H18N2S. The first-order valence-corrected chi connectivity index (χ1v) is 6.18. The van der Waals surface area contributed by atoms with Crippen molar-refractivity contribution in [3.8, 4) is 0 Å². The Kier molecular flexibility index (Phi) is 2.62. The van der Waals surface area contributed by atoms with E-state index in [0.717, 1.165) is 12.8 Å². The maximum Gasteiger partial charge on any atom is 0.0953 e. The Balaban J connectivity index is 2.23. The van der Waals surface area contributed by atoms with Crippen LogP contribution in [0.3, 0.4) is 0 Å². The SMILES string of the molecule is CC(C)c1ncc(C2(N)CCCC2)s1. The molecule has 2 rings (SSSR count). The maximum atomic E-state index is 6.36. The molecule has 0 saturated heterocycles. The summed E-state index contributed by atoms with van der Waals surface area (Å²) in [5, 5.41) is 1.22. The highest BCUT2D eigenvalue weighted by atomic mass is 32.1. The molecule has 3 heteroatoms. The van der Waals surface area contributed by atoms with E-state index in [0.29, 0.717) is 5.92 Å². The Morgan fingerprint density at radius 1 is 1.43 bits per heavy atom. The molecule has 0 bridgehead atoms. The maximum absolute atomic E-state index is 6.36. The summed E-state index contributed by atoms with van der Waals surface area (Å²) in [7, 11) is 0. The molecule has 2 N–H and O–H groups in total. The van der Waals surface area contributed by atoms with Crippen LogP contribution in [0, 0.1) is 0 Å². The predicted octanol–water partition coefficient (Wildman–Crippen LogP) is 2.99. The van der Waals surface area contributed by atoms with Gasteiger partial charge < -0.3 is 5.73 Å². The van der Waals surface area contributed by atoms with E-state index >= 15 is 0 Å². The minimum atomic E-state index is -0.0508. The molecule has 0 aromatic carbocycles. The Hall–Kier alpha value is -0.410. The van der Waals surface area contributed by atoms with Crippen LogP contribution < -0.4 is 5.73 Å². The summed E-state index contributed by atoms with van der Waals surface area (Å²) in [5.74, 6) is 0.527. The van der Waals surface area contributed by atoms with E-state index in [4.69, 9.17) is 5.73 Å². The zero-order valence-electron chi connectivity index (χ0n) is 8.92. The second-order valence-electron chi connectivity index (χ2n) is 4.58. The molecule has 14 heavy (non-hydrogen) atoms. The third-order valence-electron chi connectivity index (χ3n) is 3.00. The van der Waals surface area contributed by atoms with Gasteiger partial charge in [-0.15, -0.1) is 11.3 Å². The molecule has 0 unspecified atom stereocenters. The summed E-state index contributed by atoms with van der Waals surface area (Å²) in [6.45, 7) is 4.36. The van der Waals surface area contributed by atoms with Crippen molar-refractivity contribution in [1.29, 1.82) is 0 Å². The van der Waals surface area contributed by atoms with Gasteiger partial charge in [-0.2, -0.15) is 0 Å². The molecule has 0 atom stereocenters. The highest BCUT2D eigenvalue weighted by Crippen LogP contribution is 2.39. The first-order valence-electron chi connectivity index (χ1n) is 5.37. The number of nitrogens with two attached hydrogens (primary N) is 1. The smallest absolute Gasteiger partial charge is 0.0953 e. The average molecular weight is 210 g/mol. The number of rotatable bonds is 2. The lowest BCUT2D eigenvalue weighted by Gasteiger charge is -2.20. The van der Waals surface area contributed by atoms with E-state index in [2.05, 4.69) is 18.8 Å². The highest BCUT2D eigenvalue weighted by molar-refractivity contribution is 7.11. The number of thiazole rings is 1. The van der Waals surface area contributed by atoms with Gasteiger partial charge in [-0.3, -0.25) is 0 Å². The van der Waals surface area contributed by atoms with Gasteiger partial charge in [0.05, 0.1) is 10.5 Å². The Morgan fingerprint density at radius 3 is 2.57 bits per heavy atom. The molecule has 0 radical (unpaired) electrons. The van der Waals surface area contributed by atoms with Gasteiger partial charge in [0.15, 0.2) is 0 Å². The van der Waals surface area contributed by atoms with Crippen LogP contribution in [0.1, 0.15) is 55.3 Å². The average Bonchev–Trinajstić information content (AvgIpc) is 2.71. The normalized spacial score (nSPS) is 20.6. The molecule has 1 aliphatic carbocycles. The molecule has 78 valence electrons. The summed E-state index contributed by atoms with van der Waals surface area (Å²) in [5.41, 5.74) is 6.31. The zero-order chi connectivity index (χ0) is 10.2. The van der Waals surface area contributed by atoms with E-state index in [9.17, 15) is 0 Å². The largest absolute Gasteiger partial charge is 0.321 e. The topological polar surface area (TPSA) is 38.9 Å². The number of nitrogens with zero attached hydrogens (tertiary/aromatic N) is 1. The van der Waals surface area contributed by atoms with Crippen LogP contribution in [-0.2, 0) is 5.54 Å². The van der Waals surface area contributed by atoms with Crippen LogP contribution in [-0.4, -0.2) is 4.98 Å². The molecule has 1 heterocycles. The van der Waals surface area contributed by atoms with Crippen LogP contribution in [0.15, 0.2) is 6.20 Å². The molecule has 1 fully saturated rings. The summed E-state index contributed by atoms with van der Waals surface area (Å²) >= 11 is 1.80. The van der Waals surface area contributed by atoms with Gasteiger partial charge in [0.2, 0.25) is 0 Å². The standard InChI is InChI=1S/C11H18N2S/c1-8(2)10-13-7-9(14-10)11(12)5-3-4-6-11/h7-8H,3-6,12H2,1-2H3. The molecule has 1 aromatic rings. The molecule has 2 nitrogen and oxygen atoms in total. The van der Waals surface area contributed by atoms with Crippen molar-refractivity contribution in [2.24, 2.45) is 5.73 Å². The Morgan fingerprint density at radius 2 is 2.07 bits per heavy atom. The predicted molar refractivity (Wildman–Crippen MR) is 60.5 cm³/mol. The third kappa shape index (κ3) is 1.71. The lowest BCUT2D eigenvalue weighted by molar-refractivity contribution is 0.471. The fraction of sp³-hybridized carbons (Fsp3) is 0.727. The molecule has 0 aliphatic heterocycles. The minimum absolute atomic E-state index is 0.0508. The fourth-order valence-electron chi connectivity index (χ4n) is 2.04. The second-order valence-corrected chi connectivity index (χ2v) is 5.64. The van der Waals surface area contributed by atoms with E-state index < -0.39 is 0 Å². The number of hydrogen-bond donors (Lipinski definition) is 1. The van der Waals surface area contributed by atoms with Crippen molar-refractivity contribution >= 4 is 11.3 Å². The van der Waals surface area contributed by atoms with E-state index in [1.54, 1.807) is 11.3 Å². The number of aromatic nitrogens is 1. The Bertz CT molecular complexity index is 311. The van der Waals surface area contributed by atoms with Gasteiger partial charge in [0, 0.05) is 17.0 Å². The van der Waals surface area contributed by atoms with Crippen LogP contribution in [0.5, 0.6) is 0 Å². The van der Waals surface area contributed by atoms with Gasteiger partial charge in [-0.05, 0) is 12.8 Å². The van der Waals surface area contributed by atoms with Gasteiger partial charge in [-0.1, -0.05) is 26.7 Å². The second kappa shape index (κ2) is 3.63. The molecule has 1 saturated carbocycles. The van der Waals surface area contributed by atoms with Crippen molar-refractivity contribution in [1.82, 2.24) is 4.98 Å². The Labute approximate surface area is 89.5 Å². The summed E-state index contributed by atoms with van der Waals surface area (Å²) < 4.78 is 0. The van der Waals surface area contributed by atoms with Gasteiger partial charge in [0.1, 0.15) is 0 Å². The molecule has 1 aromatic heterocycles. The number of hydrogen-bond acceptors (Lipinski definition) is 3. The van der Waals surface area contributed by atoms with Crippen LogP contribution in [0.2, 0.25) is 0 Å². The lowest BCUT2D eigenvalue weighted by Crippen LogP contribution is -2.31. The van der Waals surface area contributed by atoms with Gasteiger partial charge in [-0.25, -0.2) is 4.98 Å². The molecule has 0 amide bonds. The quantitative estimate of drug-likeness (QED) is 0.815. The van der Waals surface area contributed by atoms with Crippen LogP contribution in [0.25, 0.3) is 0 Å². The summed E-state index contributed by atoms with van der Waals surface area (Å²) in [6, 6.07) is 0. The van der Waals surface area contributed by atoms with Crippen molar-refractivity contribution in [2.45, 2.75) is 51.0 Å². The summed E-state index contributed by atoms with van der Waals surface area (Å²) in [4.78, 5) is 5.73. The molecular weight excluding hydrogens is 192 g/mol. The van der Waals surface area contributed by atoms with E-state index in [1.807, 2.05) is 6.20 Å². The summed E-state index contributed by atoms with van der Waals surface area (Å²) in [6.07, 6.45) is 6.79. The highest BCUT2D eigenvalue weighted by Gasteiger charge is 2.33. The van der Waals surface area contributed by atoms with Gasteiger partial charge in [0.25, 0.3) is 0 Å². The molecule has 0 spiro atoms. The monoisotopic (exact) mass is 210 g/mol. The third-order valence-corrected chi connectivity index (χ3v) is 4.52. The molecule has 1 aliphatic rings. The fourth-order valence-corrected chi connectivity index (χ4v) is 3.12.